The zero-order valence-corrected chi connectivity index (χ0v) is 25.7. The highest BCUT2D eigenvalue weighted by molar-refractivity contribution is 4.91. The van der Waals surface area contributed by atoms with Gasteiger partial charge in [0.15, 0.2) is 0 Å². The fraction of sp³-hybridized carbons (Fsp3) is 0.861. The second-order valence-electron chi connectivity index (χ2n) is 11.5. The number of hydrogen-bond donors (Lipinski definition) is 1. The summed E-state index contributed by atoms with van der Waals surface area (Å²) in [6.07, 6.45) is 45.5. The minimum Gasteiger partial charge on any atom is -0.505 e. The van der Waals surface area contributed by atoms with E-state index in [1.54, 1.807) is 0 Å². The van der Waals surface area contributed by atoms with Gasteiger partial charge in [0.1, 0.15) is 5.76 Å². The Bertz CT molecular complexity index is 511. The van der Waals surface area contributed by atoms with Crippen LogP contribution >= 0.6 is 0 Å². The lowest BCUT2D eigenvalue weighted by Gasteiger charge is -2.02. The Morgan fingerprint density at radius 3 is 1.16 bits per heavy atom. The maximum atomic E-state index is 10.0. The molecule has 0 aliphatic rings. The van der Waals surface area contributed by atoms with Gasteiger partial charge in [-0.15, -0.1) is 0 Å². The van der Waals surface area contributed by atoms with Crippen LogP contribution in [0.2, 0.25) is 0 Å². The summed E-state index contributed by atoms with van der Waals surface area (Å²) in [5, 5.41) is 10.0. The van der Waals surface area contributed by atoms with Crippen molar-refractivity contribution in [2.24, 2.45) is 0 Å². The largest absolute Gasteiger partial charge is 0.505 e. The quantitative estimate of drug-likeness (QED) is 0.0435. The van der Waals surface area contributed by atoms with Crippen molar-refractivity contribution in [3.63, 3.8) is 0 Å². The Morgan fingerprint density at radius 2 is 0.757 bits per heavy atom. The third-order valence-corrected chi connectivity index (χ3v) is 7.65. The Kier molecular flexibility index (Phi) is 32.2. The number of aliphatic hydroxyl groups excluding tert-OH is 1. The molecule has 0 aromatic carbocycles. The molecule has 0 bridgehead atoms. The summed E-state index contributed by atoms with van der Waals surface area (Å²) in [6.45, 7) is 4.57. The van der Waals surface area contributed by atoms with E-state index < -0.39 is 0 Å². The van der Waals surface area contributed by atoms with Gasteiger partial charge in [-0.3, -0.25) is 0 Å². The smallest absolute Gasteiger partial charge is 0.134 e. The number of aliphatic hydroxyl groups is 1. The van der Waals surface area contributed by atoms with Crippen molar-refractivity contribution in [3.05, 3.63) is 29.7 Å². The summed E-state index contributed by atoms with van der Waals surface area (Å²) in [4.78, 5) is 0. The van der Waals surface area contributed by atoms with E-state index in [1.807, 2.05) is 0 Å². The lowest BCUT2D eigenvalue weighted by Crippen LogP contribution is -1.83. The van der Waals surface area contributed by atoms with Crippen molar-refractivity contribution in [1.29, 1.82) is 0 Å². The monoisotopic (exact) mass is 517 g/mol. The average Bonchev–Trinajstić information content (AvgIpc) is 2.90. The van der Waals surface area contributed by atoms with Gasteiger partial charge in [-0.05, 0) is 51.0 Å². The van der Waals surface area contributed by atoms with Gasteiger partial charge in [0, 0.05) is 6.42 Å². The van der Waals surface area contributed by atoms with Gasteiger partial charge in [0.25, 0.3) is 0 Å². The molecule has 0 fully saturated rings. The minimum absolute atomic E-state index is 0.461. The molecule has 0 saturated heterocycles. The van der Waals surface area contributed by atoms with Gasteiger partial charge in [-0.1, -0.05) is 167 Å². The molecule has 0 aliphatic heterocycles. The molecular formula is C36H68O. The molecule has 37 heavy (non-hydrogen) atoms. The number of allylic oxidation sites excluding steroid dienone is 3. The number of unbranched alkanes of at least 4 members (excludes halogenated alkanes) is 25. The molecule has 1 heteroatoms. The van der Waals surface area contributed by atoms with E-state index in [4.69, 9.17) is 0 Å². The van der Waals surface area contributed by atoms with Crippen molar-refractivity contribution in [3.8, 4) is 0 Å². The first-order valence-corrected chi connectivity index (χ1v) is 17.1. The standard InChI is InChI=1S/C36H68O/c1-3-5-7-9-11-13-15-17-19-21-23-25-27-29-31-33-35-36(37)34-32-30-28-26-24-22-20-18-16-14-12-10-8-6-4-2/h18,20,33,37H,3-17,19,21-32,34H2,1-2H3/b20-18-. The lowest BCUT2D eigenvalue weighted by atomic mass is 10.0. The lowest BCUT2D eigenvalue weighted by molar-refractivity contribution is 0.381. The second kappa shape index (κ2) is 33.1. The average molecular weight is 517 g/mol. The van der Waals surface area contributed by atoms with Crippen molar-refractivity contribution in [2.45, 2.75) is 200 Å². The Hall–Kier alpha value is -0.940. The van der Waals surface area contributed by atoms with Crippen LogP contribution in [0.25, 0.3) is 0 Å². The summed E-state index contributed by atoms with van der Waals surface area (Å²) >= 11 is 0. The van der Waals surface area contributed by atoms with Gasteiger partial charge in [0.2, 0.25) is 0 Å². The molecule has 0 aromatic rings. The van der Waals surface area contributed by atoms with Gasteiger partial charge < -0.3 is 5.11 Å². The van der Waals surface area contributed by atoms with Crippen LogP contribution in [0.3, 0.4) is 0 Å². The van der Waals surface area contributed by atoms with E-state index in [0.29, 0.717) is 5.76 Å². The zero-order chi connectivity index (χ0) is 26.9. The van der Waals surface area contributed by atoms with Crippen LogP contribution < -0.4 is 0 Å². The highest BCUT2D eigenvalue weighted by atomic mass is 16.3. The molecular weight excluding hydrogens is 448 g/mol. The molecule has 0 saturated carbocycles. The van der Waals surface area contributed by atoms with Crippen LogP contribution in [-0.4, -0.2) is 5.11 Å². The van der Waals surface area contributed by atoms with Crippen LogP contribution in [0, 0.1) is 0 Å². The molecule has 1 N–H and O–H groups in total. The molecule has 0 aromatic heterocycles. The number of rotatable bonds is 30. The van der Waals surface area contributed by atoms with Crippen molar-refractivity contribution in [1.82, 2.24) is 0 Å². The fourth-order valence-corrected chi connectivity index (χ4v) is 5.07. The molecule has 0 aliphatic carbocycles. The van der Waals surface area contributed by atoms with E-state index >= 15 is 0 Å². The maximum absolute atomic E-state index is 10.0. The minimum atomic E-state index is 0.461. The van der Waals surface area contributed by atoms with E-state index in [1.165, 1.54) is 167 Å². The van der Waals surface area contributed by atoms with Gasteiger partial charge in [0.05, 0.1) is 0 Å². The molecule has 0 unspecified atom stereocenters. The molecule has 1 nitrogen and oxygen atoms in total. The molecule has 0 atom stereocenters. The Labute approximate surface area is 234 Å². The van der Waals surface area contributed by atoms with Crippen LogP contribution in [0.5, 0.6) is 0 Å². The van der Waals surface area contributed by atoms with E-state index in [9.17, 15) is 5.11 Å². The Balaban J connectivity index is 3.34. The highest BCUT2D eigenvalue weighted by Crippen LogP contribution is 2.14. The fourth-order valence-electron chi connectivity index (χ4n) is 5.07. The normalized spacial score (nSPS) is 11.3. The summed E-state index contributed by atoms with van der Waals surface area (Å²) in [7, 11) is 0. The first-order chi connectivity index (χ1) is 18.3. The first-order valence-electron chi connectivity index (χ1n) is 17.1. The van der Waals surface area contributed by atoms with Gasteiger partial charge in [-0.2, -0.15) is 0 Å². The molecule has 218 valence electrons. The first kappa shape index (κ1) is 36.1. The highest BCUT2D eigenvalue weighted by Gasteiger charge is 1.96. The molecule has 0 amide bonds. The maximum Gasteiger partial charge on any atom is 0.134 e. The molecule has 0 heterocycles. The van der Waals surface area contributed by atoms with Crippen LogP contribution in [0.1, 0.15) is 200 Å². The third kappa shape index (κ3) is 33.0. The number of hydrogen-bond acceptors (Lipinski definition) is 1. The van der Waals surface area contributed by atoms with Crippen molar-refractivity contribution < 1.29 is 5.11 Å². The van der Waals surface area contributed by atoms with Gasteiger partial charge in [-0.25, -0.2) is 0 Å². The predicted molar refractivity (Wildman–Crippen MR) is 169 cm³/mol. The SMILES string of the molecule is CCCCCCCC/C=C\CCCCCCCC(O)=C=CCCCCCCCCCCCCCCCC. The molecule has 0 rings (SSSR count). The van der Waals surface area contributed by atoms with E-state index in [-0.39, 0.29) is 0 Å². The zero-order valence-electron chi connectivity index (χ0n) is 25.7. The summed E-state index contributed by atoms with van der Waals surface area (Å²) < 4.78 is 0. The molecule has 0 radical (unpaired) electrons. The van der Waals surface area contributed by atoms with Gasteiger partial charge >= 0.3 is 0 Å². The Morgan fingerprint density at radius 1 is 0.432 bits per heavy atom. The van der Waals surface area contributed by atoms with Crippen LogP contribution in [0.15, 0.2) is 29.7 Å². The van der Waals surface area contributed by atoms with Crippen molar-refractivity contribution in [2.75, 3.05) is 0 Å². The van der Waals surface area contributed by atoms with Crippen molar-refractivity contribution >= 4 is 0 Å². The van der Waals surface area contributed by atoms with E-state index in [2.05, 4.69) is 37.8 Å². The van der Waals surface area contributed by atoms with E-state index in [0.717, 1.165) is 19.3 Å². The topological polar surface area (TPSA) is 20.2 Å². The summed E-state index contributed by atoms with van der Waals surface area (Å²) in [5.41, 5.74) is 3.12. The summed E-state index contributed by atoms with van der Waals surface area (Å²) in [6, 6.07) is 0. The summed E-state index contributed by atoms with van der Waals surface area (Å²) in [5.74, 6) is 0.461. The van der Waals surface area contributed by atoms with Crippen LogP contribution in [-0.2, 0) is 0 Å². The molecule has 0 spiro atoms. The predicted octanol–water partition coefficient (Wildman–Crippen LogP) is 13.5. The second-order valence-corrected chi connectivity index (χ2v) is 11.5. The van der Waals surface area contributed by atoms with Crippen LogP contribution in [0.4, 0.5) is 0 Å². The third-order valence-electron chi connectivity index (χ3n) is 7.65.